The standard InChI is InChI=1S/C11H23ClN2/c1-10(2)14(4)7-5-6-13-9-11(3)8-12/h8,10,13H,5-7,9H2,1-4H3. The molecule has 0 heterocycles. The summed E-state index contributed by atoms with van der Waals surface area (Å²) < 4.78 is 0. The molecular weight excluding hydrogens is 196 g/mol. The van der Waals surface area contributed by atoms with E-state index in [-0.39, 0.29) is 0 Å². The Hall–Kier alpha value is -0.0500. The third-order valence-corrected chi connectivity index (χ3v) is 2.71. The molecule has 0 aliphatic heterocycles. The van der Waals surface area contributed by atoms with E-state index in [1.807, 2.05) is 6.92 Å². The molecule has 0 spiro atoms. The predicted octanol–water partition coefficient (Wildman–Crippen LogP) is 2.45. The fourth-order valence-corrected chi connectivity index (χ4v) is 1.11. The minimum absolute atomic E-state index is 0.638. The van der Waals surface area contributed by atoms with Crippen molar-refractivity contribution in [2.45, 2.75) is 33.2 Å². The molecule has 0 rings (SSSR count). The summed E-state index contributed by atoms with van der Waals surface area (Å²) >= 11 is 5.55. The molecule has 0 aliphatic carbocycles. The molecule has 0 unspecified atom stereocenters. The molecule has 0 aliphatic rings. The normalized spacial score (nSPS) is 12.9. The summed E-state index contributed by atoms with van der Waals surface area (Å²) in [6.07, 6.45) is 1.18. The predicted molar refractivity (Wildman–Crippen MR) is 64.9 cm³/mol. The van der Waals surface area contributed by atoms with E-state index >= 15 is 0 Å². The molecule has 0 fully saturated rings. The highest BCUT2D eigenvalue weighted by molar-refractivity contribution is 6.25. The SMILES string of the molecule is CC(=CCl)CNCCCN(C)C(C)C. The first-order valence-corrected chi connectivity index (χ1v) is 5.68. The smallest absolute Gasteiger partial charge is 0.0173 e. The number of nitrogens with zero attached hydrogens (tertiary/aromatic N) is 1. The molecule has 0 radical (unpaired) electrons. The van der Waals surface area contributed by atoms with Crippen molar-refractivity contribution in [3.8, 4) is 0 Å². The van der Waals surface area contributed by atoms with Crippen LogP contribution in [0.1, 0.15) is 27.2 Å². The minimum atomic E-state index is 0.638. The van der Waals surface area contributed by atoms with Gasteiger partial charge in [0.2, 0.25) is 0 Å². The molecule has 2 nitrogen and oxygen atoms in total. The highest BCUT2D eigenvalue weighted by Gasteiger charge is 2.01. The summed E-state index contributed by atoms with van der Waals surface area (Å²) in [7, 11) is 2.16. The molecule has 0 aromatic rings. The first-order chi connectivity index (χ1) is 6.57. The summed E-state index contributed by atoms with van der Waals surface area (Å²) in [4.78, 5) is 2.35. The van der Waals surface area contributed by atoms with Crippen molar-refractivity contribution in [2.24, 2.45) is 0 Å². The second-order valence-corrected chi connectivity index (χ2v) is 4.28. The third kappa shape index (κ3) is 7.36. The molecular formula is C11H23ClN2. The molecule has 0 aromatic carbocycles. The van der Waals surface area contributed by atoms with Crippen LogP contribution in [0.2, 0.25) is 0 Å². The highest BCUT2D eigenvalue weighted by Crippen LogP contribution is 1.95. The van der Waals surface area contributed by atoms with Crippen LogP contribution in [0.5, 0.6) is 0 Å². The van der Waals surface area contributed by atoms with Crippen LogP contribution in [0.4, 0.5) is 0 Å². The van der Waals surface area contributed by atoms with Crippen molar-refractivity contribution >= 4 is 11.6 Å². The van der Waals surface area contributed by atoms with Gasteiger partial charge in [-0.25, -0.2) is 0 Å². The minimum Gasteiger partial charge on any atom is -0.313 e. The number of rotatable bonds is 7. The van der Waals surface area contributed by atoms with Crippen molar-refractivity contribution in [3.05, 3.63) is 11.1 Å². The van der Waals surface area contributed by atoms with Gasteiger partial charge in [-0.1, -0.05) is 11.6 Å². The van der Waals surface area contributed by atoms with E-state index in [2.05, 4.69) is 31.1 Å². The number of hydrogen-bond donors (Lipinski definition) is 1. The summed E-state index contributed by atoms with van der Waals surface area (Å²) in [5.41, 5.74) is 2.82. The Balaban J connectivity index is 3.30. The maximum atomic E-state index is 5.55. The molecule has 0 saturated carbocycles. The van der Waals surface area contributed by atoms with Crippen LogP contribution < -0.4 is 5.32 Å². The molecule has 3 heteroatoms. The van der Waals surface area contributed by atoms with E-state index in [9.17, 15) is 0 Å². The molecule has 0 bridgehead atoms. The van der Waals surface area contributed by atoms with Gasteiger partial charge in [-0.05, 0) is 52.9 Å². The molecule has 84 valence electrons. The lowest BCUT2D eigenvalue weighted by atomic mass is 10.3. The van der Waals surface area contributed by atoms with Crippen molar-refractivity contribution < 1.29 is 0 Å². The quantitative estimate of drug-likeness (QED) is 0.661. The first kappa shape index (κ1) is 13.9. The van der Waals surface area contributed by atoms with Crippen molar-refractivity contribution in [1.82, 2.24) is 10.2 Å². The van der Waals surface area contributed by atoms with Gasteiger partial charge in [0, 0.05) is 18.1 Å². The van der Waals surface area contributed by atoms with Gasteiger partial charge in [0.1, 0.15) is 0 Å². The average molecular weight is 219 g/mol. The van der Waals surface area contributed by atoms with E-state index in [1.165, 1.54) is 12.0 Å². The Bertz CT molecular complexity index is 167. The lowest BCUT2D eigenvalue weighted by Gasteiger charge is -2.20. The van der Waals surface area contributed by atoms with Crippen molar-refractivity contribution in [3.63, 3.8) is 0 Å². The van der Waals surface area contributed by atoms with Crippen LogP contribution in [0.3, 0.4) is 0 Å². The Morgan fingerprint density at radius 2 is 2.14 bits per heavy atom. The van der Waals surface area contributed by atoms with Crippen molar-refractivity contribution in [1.29, 1.82) is 0 Å². The maximum Gasteiger partial charge on any atom is 0.0173 e. The van der Waals surface area contributed by atoms with Crippen LogP contribution in [-0.4, -0.2) is 37.6 Å². The Morgan fingerprint density at radius 1 is 1.50 bits per heavy atom. The van der Waals surface area contributed by atoms with Crippen molar-refractivity contribution in [2.75, 3.05) is 26.7 Å². The molecule has 0 amide bonds. The van der Waals surface area contributed by atoms with E-state index in [4.69, 9.17) is 11.6 Å². The zero-order valence-electron chi connectivity index (χ0n) is 9.81. The number of halogens is 1. The van der Waals surface area contributed by atoms with Gasteiger partial charge >= 0.3 is 0 Å². The van der Waals surface area contributed by atoms with Crippen LogP contribution in [0.15, 0.2) is 11.1 Å². The van der Waals surface area contributed by atoms with Gasteiger partial charge in [-0.15, -0.1) is 0 Å². The Morgan fingerprint density at radius 3 is 2.64 bits per heavy atom. The van der Waals surface area contributed by atoms with E-state index in [0.29, 0.717) is 6.04 Å². The second kappa shape index (κ2) is 8.27. The highest BCUT2D eigenvalue weighted by atomic mass is 35.5. The zero-order chi connectivity index (χ0) is 11.0. The van der Waals surface area contributed by atoms with Crippen LogP contribution in [-0.2, 0) is 0 Å². The van der Waals surface area contributed by atoms with Gasteiger partial charge in [0.15, 0.2) is 0 Å². The van der Waals surface area contributed by atoms with Crippen LogP contribution >= 0.6 is 11.6 Å². The fraction of sp³-hybridized carbons (Fsp3) is 0.818. The molecule has 0 atom stereocenters. The maximum absolute atomic E-state index is 5.55. The van der Waals surface area contributed by atoms with E-state index in [0.717, 1.165) is 19.6 Å². The largest absolute Gasteiger partial charge is 0.313 e. The zero-order valence-corrected chi connectivity index (χ0v) is 10.6. The second-order valence-electron chi connectivity index (χ2n) is 4.06. The van der Waals surface area contributed by atoms with Gasteiger partial charge < -0.3 is 10.2 Å². The summed E-state index contributed by atoms with van der Waals surface area (Å²) in [5.74, 6) is 0. The van der Waals surface area contributed by atoms with Crippen LogP contribution in [0.25, 0.3) is 0 Å². The Labute approximate surface area is 93.3 Å². The van der Waals surface area contributed by atoms with E-state index < -0.39 is 0 Å². The molecule has 0 aromatic heterocycles. The fourth-order valence-electron chi connectivity index (χ4n) is 1.04. The molecule has 0 saturated heterocycles. The van der Waals surface area contributed by atoms with Gasteiger partial charge in [-0.2, -0.15) is 0 Å². The molecule has 1 N–H and O–H groups in total. The van der Waals surface area contributed by atoms with Gasteiger partial charge in [0.05, 0.1) is 0 Å². The molecule has 14 heavy (non-hydrogen) atoms. The summed E-state index contributed by atoms with van der Waals surface area (Å²) in [6, 6.07) is 0.638. The number of nitrogens with one attached hydrogen (secondary N) is 1. The van der Waals surface area contributed by atoms with E-state index in [1.54, 1.807) is 5.54 Å². The lowest BCUT2D eigenvalue weighted by molar-refractivity contribution is 0.270. The summed E-state index contributed by atoms with van der Waals surface area (Å²) in [5, 5.41) is 3.35. The average Bonchev–Trinajstić information content (AvgIpc) is 2.16. The summed E-state index contributed by atoms with van der Waals surface area (Å²) in [6.45, 7) is 9.56. The van der Waals surface area contributed by atoms with Crippen LogP contribution in [0, 0.1) is 0 Å². The monoisotopic (exact) mass is 218 g/mol. The topological polar surface area (TPSA) is 15.3 Å². The Kier molecular flexibility index (Phi) is 8.24. The lowest BCUT2D eigenvalue weighted by Crippen LogP contribution is -2.29. The van der Waals surface area contributed by atoms with Gasteiger partial charge in [0.25, 0.3) is 0 Å². The van der Waals surface area contributed by atoms with Gasteiger partial charge in [-0.3, -0.25) is 0 Å². The number of hydrogen-bond acceptors (Lipinski definition) is 2. The first-order valence-electron chi connectivity index (χ1n) is 5.24. The third-order valence-electron chi connectivity index (χ3n) is 2.34.